The minimum Gasteiger partial charge on any atom is -0.338 e. The van der Waals surface area contributed by atoms with Crippen LogP contribution in [0.25, 0.3) is 0 Å². The Morgan fingerprint density at radius 1 is 1.12 bits per heavy atom. The zero-order chi connectivity index (χ0) is 17.8. The molecule has 0 unspecified atom stereocenters. The van der Waals surface area contributed by atoms with Crippen LogP contribution in [0.2, 0.25) is 0 Å². The van der Waals surface area contributed by atoms with E-state index in [1.165, 1.54) is 29.4 Å². The van der Waals surface area contributed by atoms with E-state index in [0.717, 1.165) is 36.8 Å². The molecule has 1 saturated heterocycles. The third-order valence-corrected chi connectivity index (χ3v) is 4.83. The molecule has 0 N–H and O–H groups in total. The highest BCUT2D eigenvalue weighted by Crippen LogP contribution is 2.21. The molecule has 2 heterocycles. The fourth-order valence-corrected chi connectivity index (χ4v) is 3.40. The molecule has 6 nitrogen and oxygen atoms in total. The second-order valence-corrected chi connectivity index (χ2v) is 6.55. The Morgan fingerprint density at radius 3 is 2.64 bits per heavy atom. The number of benzene rings is 1. The summed E-state index contributed by atoms with van der Waals surface area (Å²) in [6.45, 7) is 0.690. The van der Waals surface area contributed by atoms with Gasteiger partial charge < -0.3 is 4.90 Å². The van der Waals surface area contributed by atoms with Crippen molar-refractivity contribution in [2.45, 2.75) is 38.3 Å². The molecule has 6 heteroatoms. The molecule has 1 aromatic heterocycles. The van der Waals surface area contributed by atoms with Crippen molar-refractivity contribution in [2.75, 3.05) is 6.54 Å². The van der Waals surface area contributed by atoms with Crippen LogP contribution in [-0.4, -0.2) is 32.5 Å². The normalized spacial score (nSPS) is 17.5. The molecule has 132 valence electrons. The topological polar surface area (TPSA) is 64.3 Å². The monoisotopic (exact) mass is 341 g/mol. The van der Waals surface area contributed by atoms with E-state index in [4.69, 9.17) is 0 Å². The van der Waals surface area contributed by atoms with Gasteiger partial charge in [-0.05, 0) is 31.2 Å². The van der Waals surface area contributed by atoms with Crippen LogP contribution in [0.3, 0.4) is 0 Å². The Labute approximate surface area is 146 Å². The van der Waals surface area contributed by atoms with E-state index in [-0.39, 0.29) is 24.1 Å². The number of rotatable bonds is 4. The van der Waals surface area contributed by atoms with Gasteiger partial charge in [0.2, 0.25) is 5.91 Å². The van der Waals surface area contributed by atoms with Gasteiger partial charge >= 0.3 is 5.69 Å². The average molecular weight is 341 g/mol. The molecule has 1 amide bonds. The lowest BCUT2D eigenvalue weighted by atomic mass is 9.95. The Kier molecular flexibility index (Phi) is 5.16. The van der Waals surface area contributed by atoms with Crippen LogP contribution in [-0.2, 0) is 24.8 Å². The maximum absolute atomic E-state index is 12.8. The fourth-order valence-electron chi connectivity index (χ4n) is 3.40. The third kappa shape index (κ3) is 3.90. The molecule has 0 aliphatic carbocycles. The van der Waals surface area contributed by atoms with E-state index in [1.807, 2.05) is 23.1 Å². The van der Waals surface area contributed by atoms with Gasteiger partial charge in [0.1, 0.15) is 6.54 Å². The smallest absolute Gasteiger partial charge is 0.331 e. The highest BCUT2D eigenvalue weighted by molar-refractivity contribution is 5.76. The van der Waals surface area contributed by atoms with Crippen molar-refractivity contribution < 1.29 is 4.79 Å². The first kappa shape index (κ1) is 17.2. The summed E-state index contributed by atoms with van der Waals surface area (Å²) in [6, 6.07) is 11.6. The minimum absolute atomic E-state index is 0.0295. The van der Waals surface area contributed by atoms with Crippen molar-refractivity contribution in [2.24, 2.45) is 7.05 Å². The highest BCUT2D eigenvalue weighted by Gasteiger charge is 2.27. The van der Waals surface area contributed by atoms with Gasteiger partial charge in [-0.3, -0.25) is 18.7 Å². The lowest BCUT2D eigenvalue weighted by molar-refractivity contribution is -0.135. The van der Waals surface area contributed by atoms with E-state index in [2.05, 4.69) is 12.1 Å². The van der Waals surface area contributed by atoms with Gasteiger partial charge in [-0.25, -0.2) is 4.79 Å². The summed E-state index contributed by atoms with van der Waals surface area (Å²) in [7, 11) is 1.42. The van der Waals surface area contributed by atoms with Crippen molar-refractivity contribution in [3.63, 3.8) is 0 Å². The molecule has 0 spiro atoms. The lowest BCUT2D eigenvalue weighted by Crippen LogP contribution is -2.48. The largest absolute Gasteiger partial charge is 0.338 e. The molecule has 25 heavy (non-hydrogen) atoms. The van der Waals surface area contributed by atoms with Crippen LogP contribution in [0.15, 0.2) is 52.2 Å². The molecule has 2 aromatic rings. The first-order chi connectivity index (χ1) is 12.1. The van der Waals surface area contributed by atoms with Gasteiger partial charge in [-0.15, -0.1) is 0 Å². The zero-order valence-corrected chi connectivity index (χ0v) is 14.4. The third-order valence-electron chi connectivity index (χ3n) is 4.83. The van der Waals surface area contributed by atoms with Gasteiger partial charge in [0.05, 0.1) is 0 Å². The van der Waals surface area contributed by atoms with Gasteiger partial charge in [-0.1, -0.05) is 30.3 Å². The van der Waals surface area contributed by atoms with E-state index >= 15 is 0 Å². The number of piperidine rings is 1. The summed E-state index contributed by atoms with van der Waals surface area (Å²) in [5.74, 6) is -0.0682. The summed E-state index contributed by atoms with van der Waals surface area (Å²) in [4.78, 5) is 38.3. The quantitative estimate of drug-likeness (QED) is 0.839. The average Bonchev–Trinajstić information content (AvgIpc) is 2.63. The molecular weight excluding hydrogens is 318 g/mol. The predicted octanol–water partition coefficient (Wildman–Crippen LogP) is 1.17. The number of aromatic nitrogens is 2. The van der Waals surface area contributed by atoms with Gasteiger partial charge in [-0.2, -0.15) is 0 Å². The summed E-state index contributed by atoms with van der Waals surface area (Å²) in [5, 5.41) is 0. The van der Waals surface area contributed by atoms with E-state index < -0.39 is 5.69 Å². The zero-order valence-electron chi connectivity index (χ0n) is 14.4. The number of amides is 1. The lowest BCUT2D eigenvalue weighted by Gasteiger charge is -2.36. The number of likely N-dealkylation sites (tertiary alicyclic amines) is 1. The second-order valence-electron chi connectivity index (χ2n) is 6.55. The van der Waals surface area contributed by atoms with Gasteiger partial charge in [0.25, 0.3) is 5.56 Å². The molecule has 0 saturated carbocycles. The summed E-state index contributed by atoms with van der Waals surface area (Å²) in [6.07, 6.45) is 5.30. The van der Waals surface area contributed by atoms with E-state index in [9.17, 15) is 14.4 Å². The molecule has 1 atom stereocenters. The Balaban J connectivity index is 1.76. The molecule has 3 rings (SSSR count). The standard InChI is InChI=1S/C19H23N3O3/c1-20-17(23)10-12-21(19(20)25)14-18(24)22-11-6-5-9-16(22)13-15-7-3-2-4-8-15/h2-4,7-8,10,12,16H,5-6,9,11,13-14H2,1H3/t16-/m1/s1. The van der Waals surface area contributed by atoms with Crippen molar-refractivity contribution >= 4 is 5.91 Å². The maximum Gasteiger partial charge on any atom is 0.331 e. The van der Waals surface area contributed by atoms with Gasteiger partial charge in [0, 0.05) is 31.9 Å². The first-order valence-electron chi connectivity index (χ1n) is 8.66. The Morgan fingerprint density at radius 2 is 1.88 bits per heavy atom. The van der Waals surface area contributed by atoms with Crippen molar-refractivity contribution in [1.82, 2.24) is 14.0 Å². The van der Waals surface area contributed by atoms with E-state index in [1.54, 1.807) is 0 Å². The van der Waals surface area contributed by atoms with Crippen LogP contribution < -0.4 is 11.2 Å². The van der Waals surface area contributed by atoms with Gasteiger partial charge in [0.15, 0.2) is 0 Å². The molecular formula is C19H23N3O3. The van der Waals surface area contributed by atoms with Crippen molar-refractivity contribution in [3.8, 4) is 0 Å². The summed E-state index contributed by atoms with van der Waals surface area (Å²) >= 11 is 0. The molecule has 1 aromatic carbocycles. The molecule has 1 fully saturated rings. The Bertz CT molecular complexity index is 854. The number of nitrogens with zero attached hydrogens (tertiary/aromatic N) is 3. The number of hydrogen-bond acceptors (Lipinski definition) is 3. The van der Waals surface area contributed by atoms with Crippen LogP contribution in [0, 0.1) is 0 Å². The highest BCUT2D eigenvalue weighted by atomic mass is 16.2. The van der Waals surface area contributed by atoms with Crippen LogP contribution >= 0.6 is 0 Å². The van der Waals surface area contributed by atoms with Crippen LogP contribution in [0.4, 0.5) is 0 Å². The predicted molar refractivity (Wildman–Crippen MR) is 95.4 cm³/mol. The number of carbonyl (C=O) groups excluding carboxylic acids is 1. The SMILES string of the molecule is Cn1c(=O)ccn(CC(=O)N2CCCC[C@@H]2Cc2ccccc2)c1=O. The number of hydrogen-bond donors (Lipinski definition) is 0. The fraction of sp³-hybridized carbons (Fsp3) is 0.421. The molecule has 1 aliphatic heterocycles. The van der Waals surface area contributed by atoms with Crippen molar-refractivity contribution in [3.05, 3.63) is 69.0 Å². The Hall–Kier alpha value is -2.63. The van der Waals surface area contributed by atoms with Crippen LogP contribution in [0.1, 0.15) is 24.8 Å². The second kappa shape index (κ2) is 7.51. The minimum atomic E-state index is -0.461. The summed E-state index contributed by atoms with van der Waals surface area (Å²) in [5.41, 5.74) is 0.387. The molecule has 0 radical (unpaired) electrons. The maximum atomic E-state index is 12.8. The van der Waals surface area contributed by atoms with Crippen molar-refractivity contribution in [1.29, 1.82) is 0 Å². The molecule has 0 bridgehead atoms. The summed E-state index contributed by atoms with van der Waals surface area (Å²) < 4.78 is 2.32. The first-order valence-corrected chi connectivity index (χ1v) is 8.66. The van der Waals surface area contributed by atoms with Crippen LogP contribution in [0.5, 0.6) is 0 Å². The van der Waals surface area contributed by atoms with E-state index in [0.29, 0.717) is 0 Å². The number of carbonyl (C=O) groups is 1. The molecule has 1 aliphatic rings.